The second kappa shape index (κ2) is 6.33. The maximum absolute atomic E-state index is 12.2. The quantitative estimate of drug-likeness (QED) is 0.868. The van der Waals surface area contributed by atoms with E-state index in [4.69, 9.17) is 0 Å². The standard InChI is InChI=1S/C16H15BrN2O3S/c17-15-5-2-1-4-14(15)16(20)18-12-6-8-13(9-7-12)19-10-3-11-23(19,21)22/h1-2,4-9H,3,10-11H2,(H,18,20). The van der Waals surface area contributed by atoms with Crippen molar-refractivity contribution in [1.82, 2.24) is 0 Å². The van der Waals surface area contributed by atoms with Crippen molar-refractivity contribution < 1.29 is 13.2 Å². The maximum atomic E-state index is 12.2. The number of hydrogen-bond donors (Lipinski definition) is 1. The van der Waals surface area contributed by atoms with E-state index in [1.54, 1.807) is 42.5 Å². The third-order valence-corrected chi connectivity index (χ3v) is 6.19. The van der Waals surface area contributed by atoms with Gasteiger partial charge in [-0.05, 0) is 58.7 Å². The van der Waals surface area contributed by atoms with Crippen LogP contribution in [0.1, 0.15) is 16.8 Å². The third kappa shape index (κ3) is 3.40. The molecule has 7 heteroatoms. The molecule has 1 saturated heterocycles. The zero-order chi connectivity index (χ0) is 16.4. The molecule has 0 unspecified atom stereocenters. The van der Waals surface area contributed by atoms with Crippen molar-refractivity contribution in [1.29, 1.82) is 0 Å². The maximum Gasteiger partial charge on any atom is 0.256 e. The number of hydrogen-bond acceptors (Lipinski definition) is 3. The highest BCUT2D eigenvalue weighted by molar-refractivity contribution is 9.10. The fourth-order valence-electron chi connectivity index (χ4n) is 2.48. The summed E-state index contributed by atoms with van der Waals surface area (Å²) in [5.41, 5.74) is 1.78. The number of nitrogens with zero attached hydrogens (tertiary/aromatic N) is 1. The predicted molar refractivity (Wildman–Crippen MR) is 94.3 cm³/mol. The van der Waals surface area contributed by atoms with E-state index in [1.165, 1.54) is 4.31 Å². The van der Waals surface area contributed by atoms with Crippen molar-refractivity contribution in [3.63, 3.8) is 0 Å². The predicted octanol–water partition coefficient (Wildman–Crippen LogP) is 3.24. The molecule has 0 saturated carbocycles. The lowest BCUT2D eigenvalue weighted by Gasteiger charge is -2.17. The summed E-state index contributed by atoms with van der Waals surface area (Å²) < 4.78 is 25.9. The minimum absolute atomic E-state index is 0.188. The highest BCUT2D eigenvalue weighted by atomic mass is 79.9. The molecular weight excluding hydrogens is 380 g/mol. The summed E-state index contributed by atoms with van der Waals surface area (Å²) in [6.45, 7) is 0.505. The number of benzene rings is 2. The number of halogens is 1. The summed E-state index contributed by atoms with van der Waals surface area (Å²) in [5.74, 6) is -0.0351. The van der Waals surface area contributed by atoms with Crippen LogP contribution in [0.2, 0.25) is 0 Å². The van der Waals surface area contributed by atoms with Gasteiger partial charge in [-0.25, -0.2) is 8.42 Å². The van der Waals surface area contributed by atoms with Gasteiger partial charge in [-0.3, -0.25) is 9.10 Å². The van der Waals surface area contributed by atoms with Gasteiger partial charge in [0.15, 0.2) is 0 Å². The Balaban J connectivity index is 1.76. The first kappa shape index (κ1) is 16.0. The Morgan fingerprint density at radius 3 is 2.39 bits per heavy atom. The zero-order valence-electron chi connectivity index (χ0n) is 12.2. The topological polar surface area (TPSA) is 66.5 Å². The molecule has 2 aromatic rings. The number of sulfonamides is 1. The van der Waals surface area contributed by atoms with Crippen molar-refractivity contribution >= 4 is 43.2 Å². The van der Waals surface area contributed by atoms with Crippen LogP contribution >= 0.6 is 15.9 Å². The highest BCUT2D eigenvalue weighted by Crippen LogP contribution is 2.25. The Morgan fingerprint density at radius 1 is 1.09 bits per heavy atom. The summed E-state index contributed by atoms with van der Waals surface area (Å²) in [5, 5.41) is 2.80. The molecule has 1 aliphatic heterocycles. The molecule has 1 fully saturated rings. The minimum atomic E-state index is -3.18. The minimum Gasteiger partial charge on any atom is -0.322 e. The van der Waals surface area contributed by atoms with Crippen LogP contribution in [0.3, 0.4) is 0 Å². The fraction of sp³-hybridized carbons (Fsp3) is 0.188. The normalized spacial score (nSPS) is 16.3. The van der Waals surface area contributed by atoms with E-state index < -0.39 is 10.0 Å². The Hall–Kier alpha value is -1.86. The fourth-order valence-corrected chi connectivity index (χ4v) is 4.51. The second-order valence-corrected chi connectivity index (χ2v) is 8.09. The van der Waals surface area contributed by atoms with E-state index in [1.807, 2.05) is 6.07 Å². The van der Waals surface area contributed by atoms with Crippen LogP contribution in [0.4, 0.5) is 11.4 Å². The van der Waals surface area contributed by atoms with Crippen LogP contribution < -0.4 is 9.62 Å². The van der Waals surface area contributed by atoms with Crippen molar-refractivity contribution in [2.75, 3.05) is 21.9 Å². The monoisotopic (exact) mass is 394 g/mol. The van der Waals surface area contributed by atoms with Crippen molar-refractivity contribution in [3.8, 4) is 0 Å². The molecule has 1 heterocycles. The Bertz CT molecular complexity index is 835. The van der Waals surface area contributed by atoms with Crippen molar-refractivity contribution in [2.24, 2.45) is 0 Å². The van der Waals surface area contributed by atoms with E-state index in [0.717, 1.165) is 4.47 Å². The Morgan fingerprint density at radius 2 is 1.78 bits per heavy atom. The summed E-state index contributed by atoms with van der Waals surface area (Å²) in [6, 6.07) is 14.0. The number of carbonyl (C=O) groups excluding carboxylic acids is 1. The van der Waals surface area contributed by atoms with Crippen LogP contribution in [0, 0.1) is 0 Å². The number of carbonyl (C=O) groups is 1. The first-order valence-corrected chi connectivity index (χ1v) is 9.54. The van der Waals surface area contributed by atoms with Crippen LogP contribution in [0.5, 0.6) is 0 Å². The second-order valence-electron chi connectivity index (χ2n) is 5.22. The molecule has 2 aromatic carbocycles. The van der Waals surface area contributed by atoms with Crippen LogP contribution in [0.25, 0.3) is 0 Å². The lowest BCUT2D eigenvalue weighted by molar-refractivity contribution is 0.102. The van der Waals surface area contributed by atoms with E-state index in [-0.39, 0.29) is 11.7 Å². The molecule has 0 radical (unpaired) electrons. The Kier molecular flexibility index (Phi) is 4.41. The summed E-state index contributed by atoms with van der Waals surface area (Å²) in [4.78, 5) is 12.2. The van der Waals surface area contributed by atoms with Crippen molar-refractivity contribution in [3.05, 3.63) is 58.6 Å². The number of amides is 1. The van der Waals surface area contributed by atoms with Crippen LogP contribution in [0.15, 0.2) is 53.0 Å². The largest absolute Gasteiger partial charge is 0.322 e. The van der Waals surface area contributed by atoms with Crippen molar-refractivity contribution in [2.45, 2.75) is 6.42 Å². The Labute approximate surface area is 143 Å². The van der Waals surface area contributed by atoms with Gasteiger partial charge in [-0.15, -0.1) is 0 Å². The molecule has 0 atom stereocenters. The summed E-state index contributed by atoms with van der Waals surface area (Å²) >= 11 is 3.34. The average Bonchev–Trinajstić information content (AvgIpc) is 2.88. The van der Waals surface area contributed by atoms with Gasteiger partial charge in [0.2, 0.25) is 10.0 Å². The lowest BCUT2D eigenvalue weighted by atomic mass is 10.2. The molecule has 5 nitrogen and oxygen atoms in total. The van der Waals surface area contributed by atoms with Gasteiger partial charge >= 0.3 is 0 Å². The number of nitrogens with one attached hydrogen (secondary N) is 1. The molecule has 1 aliphatic rings. The molecule has 1 N–H and O–H groups in total. The third-order valence-electron chi connectivity index (χ3n) is 3.63. The van der Waals surface area contributed by atoms with E-state index in [2.05, 4.69) is 21.2 Å². The first-order chi connectivity index (χ1) is 11.0. The SMILES string of the molecule is O=C(Nc1ccc(N2CCCS2(=O)=O)cc1)c1ccccc1Br. The highest BCUT2D eigenvalue weighted by Gasteiger charge is 2.28. The number of rotatable bonds is 3. The van der Waals surface area contributed by atoms with Gasteiger partial charge in [-0.1, -0.05) is 12.1 Å². The smallest absolute Gasteiger partial charge is 0.256 e. The first-order valence-electron chi connectivity index (χ1n) is 7.14. The molecule has 0 aliphatic carbocycles. The lowest BCUT2D eigenvalue weighted by Crippen LogP contribution is -2.25. The van der Waals surface area contributed by atoms with E-state index in [9.17, 15) is 13.2 Å². The molecule has 120 valence electrons. The van der Waals surface area contributed by atoms with Gasteiger partial charge in [0.1, 0.15) is 0 Å². The van der Waals surface area contributed by atoms with Crippen LogP contribution in [-0.2, 0) is 10.0 Å². The van der Waals surface area contributed by atoms with Crippen LogP contribution in [-0.4, -0.2) is 26.6 Å². The molecule has 23 heavy (non-hydrogen) atoms. The average molecular weight is 395 g/mol. The van der Waals surface area contributed by atoms with Gasteiger partial charge < -0.3 is 5.32 Å². The van der Waals surface area contributed by atoms with Gasteiger partial charge in [0.25, 0.3) is 5.91 Å². The molecule has 1 amide bonds. The van der Waals surface area contributed by atoms with E-state index >= 15 is 0 Å². The molecular formula is C16H15BrN2O3S. The van der Waals surface area contributed by atoms with E-state index in [0.29, 0.717) is 29.9 Å². The summed E-state index contributed by atoms with van der Waals surface area (Å²) in [7, 11) is -3.18. The summed E-state index contributed by atoms with van der Waals surface area (Å²) in [6.07, 6.45) is 0.642. The zero-order valence-corrected chi connectivity index (χ0v) is 14.6. The molecule has 3 rings (SSSR count). The van der Waals surface area contributed by atoms with Gasteiger partial charge in [0, 0.05) is 16.7 Å². The van der Waals surface area contributed by atoms with Gasteiger partial charge in [-0.2, -0.15) is 0 Å². The van der Waals surface area contributed by atoms with Gasteiger partial charge in [0.05, 0.1) is 17.0 Å². The number of anilines is 2. The molecule has 0 aromatic heterocycles. The molecule has 0 spiro atoms. The molecule has 0 bridgehead atoms.